The van der Waals surface area contributed by atoms with Crippen molar-refractivity contribution in [3.63, 3.8) is 0 Å². The first-order chi connectivity index (χ1) is 13.1. The van der Waals surface area contributed by atoms with Crippen LogP contribution in [0.1, 0.15) is 35.0 Å². The van der Waals surface area contributed by atoms with E-state index in [1.807, 2.05) is 35.7 Å². The minimum absolute atomic E-state index is 0.181. The van der Waals surface area contributed by atoms with Crippen LogP contribution in [-0.2, 0) is 4.79 Å². The summed E-state index contributed by atoms with van der Waals surface area (Å²) < 4.78 is 5.47. The van der Waals surface area contributed by atoms with E-state index in [1.165, 1.54) is 11.3 Å². The molecule has 1 fully saturated rings. The van der Waals surface area contributed by atoms with Gasteiger partial charge in [-0.1, -0.05) is 35.5 Å². The van der Waals surface area contributed by atoms with Crippen LogP contribution in [0.5, 0.6) is 0 Å². The second kappa shape index (κ2) is 7.32. The van der Waals surface area contributed by atoms with Crippen LogP contribution in [0.2, 0.25) is 0 Å². The van der Waals surface area contributed by atoms with Crippen molar-refractivity contribution in [2.24, 2.45) is 11.7 Å². The average Bonchev–Trinajstić information content (AvgIpc) is 3.42. The summed E-state index contributed by atoms with van der Waals surface area (Å²) in [6.07, 6.45) is 0.930. The molecule has 0 aliphatic heterocycles. The first-order valence-corrected chi connectivity index (χ1v) is 9.57. The van der Waals surface area contributed by atoms with E-state index >= 15 is 0 Å². The number of amides is 2. The molecule has 0 unspecified atom stereocenters. The maximum atomic E-state index is 12.5. The molecule has 0 saturated heterocycles. The Balaban J connectivity index is 1.57. The molecule has 2 amide bonds. The van der Waals surface area contributed by atoms with Gasteiger partial charge in [-0.05, 0) is 24.3 Å². The largest absolute Gasteiger partial charge is 0.369 e. The SMILES string of the molecule is NC(=O)[C@H]1C[C@H](NC(=O)c2ccsc2)[C@H](c2nc(-c3ccccc3)no2)C1. The molecule has 0 bridgehead atoms. The third-order valence-electron chi connectivity index (χ3n) is 4.86. The smallest absolute Gasteiger partial charge is 0.252 e. The summed E-state index contributed by atoms with van der Waals surface area (Å²) in [7, 11) is 0. The van der Waals surface area contributed by atoms with Gasteiger partial charge in [0, 0.05) is 28.5 Å². The molecule has 1 aliphatic rings. The maximum absolute atomic E-state index is 12.5. The summed E-state index contributed by atoms with van der Waals surface area (Å²) in [5, 5.41) is 10.7. The summed E-state index contributed by atoms with van der Waals surface area (Å²) in [6, 6.07) is 11.0. The van der Waals surface area contributed by atoms with E-state index in [0.29, 0.717) is 30.1 Å². The molecule has 2 heterocycles. The van der Waals surface area contributed by atoms with Gasteiger partial charge in [0.05, 0.1) is 5.92 Å². The Morgan fingerprint density at radius 2 is 2.00 bits per heavy atom. The average molecular weight is 382 g/mol. The molecule has 138 valence electrons. The van der Waals surface area contributed by atoms with E-state index in [4.69, 9.17) is 10.3 Å². The third kappa shape index (κ3) is 3.61. The number of nitrogens with one attached hydrogen (secondary N) is 1. The number of nitrogens with zero attached hydrogens (tertiary/aromatic N) is 2. The molecule has 1 aliphatic carbocycles. The van der Waals surface area contributed by atoms with Crippen molar-refractivity contribution in [3.8, 4) is 11.4 Å². The Hall–Kier alpha value is -3.00. The zero-order chi connectivity index (χ0) is 18.8. The van der Waals surface area contributed by atoms with Crippen molar-refractivity contribution in [2.45, 2.75) is 24.8 Å². The Morgan fingerprint density at radius 3 is 2.70 bits per heavy atom. The van der Waals surface area contributed by atoms with E-state index in [9.17, 15) is 9.59 Å². The molecule has 8 heteroatoms. The van der Waals surface area contributed by atoms with Crippen molar-refractivity contribution in [2.75, 3.05) is 0 Å². The van der Waals surface area contributed by atoms with Gasteiger partial charge in [-0.2, -0.15) is 16.3 Å². The van der Waals surface area contributed by atoms with Gasteiger partial charge in [0.15, 0.2) is 0 Å². The zero-order valence-electron chi connectivity index (χ0n) is 14.4. The van der Waals surface area contributed by atoms with Gasteiger partial charge in [-0.25, -0.2) is 0 Å². The van der Waals surface area contributed by atoms with Crippen molar-refractivity contribution >= 4 is 23.2 Å². The molecule has 4 rings (SSSR count). The van der Waals surface area contributed by atoms with E-state index in [0.717, 1.165) is 5.56 Å². The topological polar surface area (TPSA) is 111 Å². The highest BCUT2D eigenvalue weighted by molar-refractivity contribution is 7.08. The summed E-state index contributed by atoms with van der Waals surface area (Å²) >= 11 is 1.45. The quantitative estimate of drug-likeness (QED) is 0.704. The Labute approximate surface area is 159 Å². The number of carbonyl (C=O) groups excluding carboxylic acids is 2. The minimum atomic E-state index is -0.380. The van der Waals surface area contributed by atoms with Crippen LogP contribution in [-0.4, -0.2) is 28.0 Å². The number of primary amides is 1. The van der Waals surface area contributed by atoms with Crippen LogP contribution in [0.3, 0.4) is 0 Å². The fourth-order valence-corrected chi connectivity index (χ4v) is 4.07. The monoisotopic (exact) mass is 382 g/mol. The molecule has 1 aromatic carbocycles. The molecule has 27 heavy (non-hydrogen) atoms. The third-order valence-corrected chi connectivity index (χ3v) is 5.54. The molecular formula is C19H18N4O3S. The van der Waals surface area contributed by atoms with Gasteiger partial charge in [-0.15, -0.1) is 0 Å². The van der Waals surface area contributed by atoms with Crippen molar-refractivity contribution in [3.05, 3.63) is 58.6 Å². The molecule has 3 N–H and O–H groups in total. The number of thiophene rings is 1. The molecule has 1 saturated carbocycles. The molecule has 3 aromatic rings. The van der Waals surface area contributed by atoms with Gasteiger partial charge in [0.2, 0.25) is 17.6 Å². The lowest BCUT2D eigenvalue weighted by Crippen LogP contribution is -2.36. The van der Waals surface area contributed by atoms with E-state index in [2.05, 4.69) is 15.5 Å². The van der Waals surface area contributed by atoms with Gasteiger partial charge in [-0.3, -0.25) is 9.59 Å². The second-order valence-corrected chi connectivity index (χ2v) is 7.37. The lowest BCUT2D eigenvalue weighted by Gasteiger charge is -2.17. The first-order valence-electron chi connectivity index (χ1n) is 8.63. The van der Waals surface area contributed by atoms with Crippen LogP contribution < -0.4 is 11.1 Å². The number of carbonyl (C=O) groups is 2. The number of hydrogen-bond donors (Lipinski definition) is 2. The van der Waals surface area contributed by atoms with Crippen LogP contribution >= 0.6 is 11.3 Å². The van der Waals surface area contributed by atoms with Gasteiger partial charge in [0.1, 0.15) is 0 Å². The number of nitrogens with two attached hydrogens (primary N) is 1. The molecular weight excluding hydrogens is 364 g/mol. The Morgan fingerprint density at radius 1 is 1.19 bits per heavy atom. The number of hydrogen-bond acceptors (Lipinski definition) is 6. The molecule has 0 spiro atoms. The predicted octanol–water partition coefficient (Wildman–Crippen LogP) is 2.58. The Bertz CT molecular complexity index is 939. The van der Waals surface area contributed by atoms with Crippen LogP contribution in [0.15, 0.2) is 51.7 Å². The summed E-state index contributed by atoms with van der Waals surface area (Å²) in [5.41, 5.74) is 6.94. The zero-order valence-corrected chi connectivity index (χ0v) is 15.2. The standard InChI is InChI=1S/C19H18N4O3S/c20-16(24)13-8-14(15(9-13)21-18(25)12-6-7-27-10-12)19-22-17(23-26-19)11-4-2-1-3-5-11/h1-7,10,13-15H,8-9H2,(H2,20,24)(H,21,25)/t13-,14-,15+/m1/s1. The van der Waals surface area contributed by atoms with E-state index < -0.39 is 0 Å². The van der Waals surface area contributed by atoms with Gasteiger partial charge < -0.3 is 15.6 Å². The van der Waals surface area contributed by atoms with Crippen LogP contribution in [0, 0.1) is 5.92 Å². The predicted molar refractivity (Wildman–Crippen MR) is 100.0 cm³/mol. The fraction of sp³-hybridized carbons (Fsp3) is 0.263. The Kier molecular flexibility index (Phi) is 4.72. The molecule has 2 aromatic heterocycles. The van der Waals surface area contributed by atoms with E-state index in [-0.39, 0.29) is 29.7 Å². The van der Waals surface area contributed by atoms with Gasteiger partial charge >= 0.3 is 0 Å². The summed E-state index contributed by atoms with van der Waals surface area (Å²) in [4.78, 5) is 28.7. The molecule has 0 radical (unpaired) electrons. The highest BCUT2D eigenvalue weighted by Gasteiger charge is 2.41. The van der Waals surface area contributed by atoms with Gasteiger partial charge in [0.25, 0.3) is 5.91 Å². The number of rotatable bonds is 5. The maximum Gasteiger partial charge on any atom is 0.252 e. The lowest BCUT2D eigenvalue weighted by atomic mass is 10.0. The number of benzene rings is 1. The highest BCUT2D eigenvalue weighted by atomic mass is 32.1. The van der Waals surface area contributed by atoms with Crippen molar-refractivity contribution in [1.29, 1.82) is 0 Å². The first kappa shape index (κ1) is 17.4. The van der Waals surface area contributed by atoms with Crippen molar-refractivity contribution < 1.29 is 14.1 Å². The summed E-state index contributed by atoms with van der Waals surface area (Å²) in [5.74, 6) is -0.261. The van der Waals surface area contributed by atoms with Crippen LogP contribution in [0.4, 0.5) is 0 Å². The molecule has 7 nitrogen and oxygen atoms in total. The molecule has 3 atom stereocenters. The minimum Gasteiger partial charge on any atom is -0.369 e. The lowest BCUT2D eigenvalue weighted by molar-refractivity contribution is -0.121. The normalized spacial score (nSPS) is 21.9. The summed E-state index contributed by atoms with van der Waals surface area (Å²) in [6.45, 7) is 0. The van der Waals surface area contributed by atoms with Crippen LogP contribution in [0.25, 0.3) is 11.4 Å². The van der Waals surface area contributed by atoms with Crippen molar-refractivity contribution in [1.82, 2.24) is 15.5 Å². The highest BCUT2D eigenvalue weighted by Crippen LogP contribution is 2.38. The van der Waals surface area contributed by atoms with E-state index in [1.54, 1.807) is 11.4 Å². The number of aromatic nitrogens is 2. The second-order valence-electron chi connectivity index (χ2n) is 6.59. The fourth-order valence-electron chi connectivity index (χ4n) is 3.44.